The fraction of sp³-hybridized carbons (Fsp3) is 0.0455. The van der Waals surface area contributed by atoms with E-state index < -0.39 is 11.9 Å². The van der Waals surface area contributed by atoms with Crippen molar-refractivity contribution in [1.29, 1.82) is 0 Å². The second-order valence-corrected chi connectivity index (χ2v) is 8.00. The Hall–Kier alpha value is -2.67. The number of carbonyl (C=O) groups excluding carboxylic acids is 2. The normalized spacial score (nSPS) is 10.8. The Kier molecular flexibility index (Phi) is 7.26. The third kappa shape index (κ3) is 5.69. The Morgan fingerprint density at radius 2 is 1.80 bits per heavy atom. The molecule has 0 aromatic heterocycles. The number of nitrogens with zero attached hydrogens (tertiary/aromatic N) is 1. The second-order valence-electron chi connectivity index (χ2n) is 6.27. The third-order valence-corrected chi connectivity index (χ3v) is 5.21. The minimum Gasteiger partial charge on any atom is -0.422 e. The van der Waals surface area contributed by atoms with Crippen LogP contribution in [0.4, 0.5) is 0 Å². The van der Waals surface area contributed by atoms with Crippen molar-refractivity contribution in [3.8, 4) is 5.75 Å². The third-order valence-electron chi connectivity index (χ3n) is 3.98. The fourth-order valence-electron chi connectivity index (χ4n) is 2.51. The number of amides is 1. The maximum Gasteiger partial charge on any atom is 0.343 e. The van der Waals surface area contributed by atoms with Gasteiger partial charge >= 0.3 is 5.97 Å². The van der Waals surface area contributed by atoms with E-state index in [0.717, 1.165) is 10.0 Å². The number of ether oxygens (including phenoxy) is 1. The van der Waals surface area contributed by atoms with Gasteiger partial charge in [-0.15, -0.1) is 0 Å². The molecule has 8 heteroatoms. The maximum atomic E-state index is 12.5. The molecule has 1 amide bonds. The summed E-state index contributed by atoms with van der Waals surface area (Å²) in [6.45, 7) is 1.89. The summed E-state index contributed by atoms with van der Waals surface area (Å²) in [5.41, 5.74) is 4.60. The molecular weight excluding hydrogens is 491 g/mol. The zero-order valence-electron chi connectivity index (χ0n) is 15.7. The van der Waals surface area contributed by atoms with Crippen molar-refractivity contribution in [3.05, 3.63) is 97.4 Å². The number of carbonyl (C=O) groups is 2. The summed E-state index contributed by atoms with van der Waals surface area (Å²) in [7, 11) is 0. The zero-order valence-corrected chi connectivity index (χ0v) is 18.8. The number of rotatable bonds is 5. The summed E-state index contributed by atoms with van der Waals surface area (Å²) in [6, 6.07) is 16.7. The molecule has 152 valence electrons. The summed E-state index contributed by atoms with van der Waals surface area (Å²) >= 11 is 15.2. The first-order chi connectivity index (χ1) is 14.3. The molecule has 0 spiro atoms. The molecule has 0 fully saturated rings. The minimum atomic E-state index is -0.490. The molecule has 0 saturated carbocycles. The molecule has 3 aromatic rings. The van der Waals surface area contributed by atoms with E-state index in [0.29, 0.717) is 27.5 Å². The molecule has 5 nitrogen and oxygen atoms in total. The monoisotopic (exact) mass is 504 g/mol. The Bertz CT molecular complexity index is 1150. The molecule has 0 heterocycles. The predicted molar refractivity (Wildman–Crippen MR) is 122 cm³/mol. The molecule has 0 aliphatic heterocycles. The van der Waals surface area contributed by atoms with Crippen molar-refractivity contribution in [3.63, 3.8) is 0 Å². The molecule has 3 aromatic carbocycles. The standard InChI is InChI=1S/C22H15BrCl2N2O3/c1-13-3-2-4-15(9-13)22(29)30-20-8-6-17(23)10-16(20)12-26-27-21(28)14-5-7-18(24)19(25)11-14/h2-12H,1H3,(H,27,28)/b26-12+. The summed E-state index contributed by atoms with van der Waals surface area (Å²) in [4.78, 5) is 24.7. The van der Waals surface area contributed by atoms with Crippen LogP contribution in [-0.2, 0) is 0 Å². The van der Waals surface area contributed by atoms with Crippen LogP contribution in [0.1, 0.15) is 31.8 Å². The Balaban J connectivity index is 1.75. The lowest BCUT2D eigenvalue weighted by molar-refractivity contribution is 0.0734. The van der Waals surface area contributed by atoms with E-state index in [4.69, 9.17) is 27.9 Å². The molecule has 30 heavy (non-hydrogen) atoms. The van der Waals surface area contributed by atoms with E-state index in [-0.39, 0.29) is 5.02 Å². The van der Waals surface area contributed by atoms with E-state index in [1.54, 1.807) is 36.4 Å². The average Bonchev–Trinajstić information content (AvgIpc) is 2.71. The first-order valence-corrected chi connectivity index (χ1v) is 10.3. The van der Waals surface area contributed by atoms with Crippen molar-refractivity contribution >= 4 is 57.2 Å². The number of nitrogens with one attached hydrogen (secondary N) is 1. The van der Waals surface area contributed by atoms with Crippen molar-refractivity contribution in [2.75, 3.05) is 0 Å². The molecule has 0 saturated heterocycles. The summed E-state index contributed by atoms with van der Waals surface area (Å²) < 4.78 is 6.28. The van der Waals surface area contributed by atoms with Crippen molar-refractivity contribution in [2.24, 2.45) is 5.10 Å². The van der Waals surface area contributed by atoms with Gasteiger partial charge < -0.3 is 4.74 Å². The lowest BCUT2D eigenvalue weighted by Gasteiger charge is -2.08. The highest BCUT2D eigenvalue weighted by molar-refractivity contribution is 9.10. The van der Waals surface area contributed by atoms with Crippen LogP contribution in [-0.4, -0.2) is 18.1 Å². The SMILES string of the molecule is Cc1cccc(C(=O)Oc2ccc(Br)cc2/C=N/NC(=O)c2ccc(Cl)c(Cl)c2)c1. The number of hydrogen-bond donors (Lipinski definition) is 1. The van der Waals surface area contributed by atoms with Gasteiger partial charge in [-0.2, -0.15) is 5.10 Å². The molecule has 3 rings (SSSR count). The highest BCUT2D eigenvalue weighted by atomic mass is 79.9. The summed E-state index contributed by atoms with van der Waals surface area (Å²) in [5.74, 6) is -0.647. The molecule has 0 bridgehead atoms. The number of halogens is 3. The van der Waals surface area contributed by atoms with Gasteiger partial charge in [-0.05, 0) is 55.5 Å². The van der Waals surface area contributed by atoms with E-state index in [1.165, 1.54) is 24.4 Å². The molecule has 0 unspecified atom stereocenters. The quantitative estimate of drug-likeness (QED) is 0.199. The van der Waals surface area contributed by atoms with E-state index in [2.05, 4.69) is 26.5 Å². The van der Waals surface area contributed by atoms with Gasteiger partial charge in [-0.1, -0.05) is 56.8 Å². The molecule has 0 aliphatic carbocycles. The number of esters is 1. The topological polar surface area (TPSA) is 67.8 Å². The number of benzene rings is 3. The van der Waals surface area contributed by atoms with Crippen LogP contribution in [0, 0.1) is 6.92 Å². The van der Waals surface area contributed by atoms with Gasteiger partial charge in [0.25, 0.3) is 5.91 Å². The zero-order chi connectivity index (χ0) is 21.7. The Morgan fingerprint density at radius 1 is 1.00 bits per heavy atom. The number of aryl methyl sites for hydroxylation is 1. The molecular formula is C22H15BrCl2N2O3. The van der Waals surface area contributed by atoms with Crippen molar-refractivity contribution in [1.82, 2.24) is 5.43 Å². The molecule has 1 N–H and O–H groups in total. The van der Waals surface area contributed by atoms with Crippen LogP contribution in [0.2, 0.25) is 10.0 Å². The van der Waals surface area contributed by atoms with E-state index >= 15 is 0 Å². The van der Waals surface area contributed by atoms with Crippen LogP contribution >= 0.6 is 39.1 Å². The fourth-order valence-corrected chi connectivity index (χ4v) is 3.18. The van der Waals surface area contributed by atoms with Gasteiger partial charge in [0.15, 0.2) is 0 Å². The first kappa shape index (κ1) is 22.0. The number of hydrogen-bond acceptors (Lipinski definition) is 4. The van der Waals surface area contributed by atoms with Crippen LogP contribution in [0.25, 0.3) is 0 Å². The molecule has 0 atom stereocenters. The minimum absolute atomic E-state index is 0.269. The van der Waals surface area contributed by atoms with Crippen LogP contribution in [0.15, 0.2) is 70.2 Å². The predicted octanol–water partition coefficient (Wildman–Crippen LogP) is 6.05. The lowest BCUT2D eigenvalue weighted by Crippen LogP contribution is -2.17. The number of hydrazone groups is 1. The average molecular weight is 506 g/mol. The van der Waals surface area contributed by atoms with Gasteiger partial charge in [-0.25, -0.2) is 10.2 Å². The highest BCUT2D eigenvalue weighted by Gasteiger charge is 2.12. The maximum absolute atomic E-state index is 12.5. The van der Waals surface area contributed by atoms with Crippen molar-refractivity contribution < 1.29 is 14.3 Å². The Morgan fingerprint density at radius 3 is 2.53 bits per heavy atom. The van der Waals surface area contributed by atoms with Gasteiger partial charge in [0.05, 0.1) is 21.8 Å². The van der Waals surface area contributed by atoms with E-state index in [9.17, 15) is 9.59 Å². The summed E-state index contributed by atoms with van der Waals surface area (Å²) in [6.07, 6.45) is 1.39. The Labute approximate surface area is 191 Å². The largest absolute Gasteiger partial charge is 0.422 e. The van der Waals surface area contributed by atoms with Gasteiger partial charge in [0.1, 0.15) is 5.75 Å². The van der Waals surface area contributed by atoms with Gasteiger partial charge in [-0.3, -0.25) is 4.79 Å². The smallest absolute Gasteiger partial charge is 0.343 e. The highest BCUT2D eigenvalue weighted by Crippen LogP contribution is 2.24. The lowest BCUT2D eigenvalue weighted by atomic mass is 10.1. The van der Waals surface area contributed by atoms with Crippen molar-refractivity contribution in [2.45, 2.75) is 6.92 Å². The van der Waals surface area contributed by atoms with Gasteiger partial charge in [0.2, 0.25) is 0 Å². The van der Waals surface area contributed by atoms with E-state index in [1.807, 2.05) is 13.0 Å². The van der Waals surface area contributed by atoms with Crippen LogP contribution in [0.3, 0.4) is 0 Å². The second kappa shape index (κ2) is 9.89. The van der Waals surface area contributed by atoms with Crippen LogP contribution in [0.5, 0.6) is 5.75 Å². The summed E-state index contributed by atoms with van der Waals surface area (Å²) in [5, 5.41) is 4.57. The molecule has 0 aliphatic rings. The van der Waals surface area contributed by atoms with Crippen LogP contribution < -0.4 is 10.2 Å². The first-order valence-electron chi connectivity index (χ1n) is 8.70. The van der Waals surface area contributed by atoms with Gasteiger partial charge in [0, 0.05) is 15.6 Å². The molecule has 0 radical (unpaired) electrons.